The van der Waals surface area contributed by atoms with E-state index in [2.05, 4.69) is 38.4 Å². The number of halogens is 1. The molecule has 0 bridgehead atoms. The van der Waals surface area contributed by atoms with Gasteiger partial charge in [0.25, 0.3) is 0 Å². The lowest BCUT2D eigenvalue weighted by atomic mass is 10.2. The van der Waals surface area contributed by atoms with Crippen molar-refractivity contribution in [3.05, 3.63) is 56.7 Å². The number of hydrogen-bond acceptors (Lipinski definition) is 6. The number of benzene rings is 1. The first-order valence-electron chi connectivity index (χ1n) is 7.36. The number of nitro groups is 1. The van der Waals surface area contributed by atoms with Crippen LogP contribution in [0, 0.1) is 10.1 Å². The van der Waals surface area contributed by atoms with Crippen molar-refractivity contribution >= 4 is 33.6 Å². The van der Waals surface area contributed by atoms with Crippen LogP contribution in [-0.4, -0.2) is 22.2 Å². The van der Waals surface area contributed by atoms with E-state index in [4.69, 9.17) is 4.74 Å². The Balaban J connectivity index is 2.08. The van der Waals surface area contributed by atoms with Crippen LogP contribution in [0.5, 0.6) is 5.75 Å². The highest BCUT2D eigenvalue weighted by Gasteiger charge is 2.13. The highest BCUT2D eigenvalue weighted by Crippen LogP contribution is 2.27. The second-order valence-electron chi connectivity index (χ2n) is 5.02. The van der Waals surface area contributed by atoms with Crippen LogP contribution in [0.4, 0.5) is 11.5 Å². The monoisotopic (exact) mass is 392 g/mol. The van der Waals surface area contributed by atoms with E-state index >= 15 is 0 Å². The second-order valence-corrected chi connectivity index (χ2v) is 5.88. The van der Waals surface area contributed by atoms with Crippen molar-refractivity contribution in [2.45, 2.75) is 26.4 Å². The lowest BCUT2D eigenvalue weighted by molar-refractivity contribution is -0.384. The average Bonchev–Trinajstić information content (AvgIpc) is 2.57. The van der Waals surface area contributed by atoms with Gasteiger partial charge in [-0.2, -0.15) is 5.10 Å². The summed E-state index contributed by atoms with van der Waals surface area (Å²) in [5, 5.41) is 14.9. The van der Waals surface area contributed by atoms with Gasteiger partial charge in [0, 0.05) is 12.3 Å². The summed E-state index contributed by atoms with van der Waals surface area (Å²) in [5.41, 5.74) is 3.27. The van der Waals surface area contributed by atoms with Crippen molar-refractivity contribution in [1.82, 2.24) is 4.98 Å². The molecule has 1 aromatic carbocycles. The molecule has 0 aliphatic heterocycles. The molecule has 0 amide bonds. The zero-order valence-corrected chi connectivity index (χ0v) is 14.9. The summed E-state index contributed by atoms with van der Waals surface area (Å²) in [5.74, 6) is 0.851. The number of nitrogens with one attached hydrogen (secondary N) is 1. The smallest absolute Gasteiger partial charge is 0.313 e. The van der Waals surface area contributed by atoms with Crippen LogP contribution in [0.2, 0.25) is 0 Å². The summed E-state index contributed by atoms with van der Waals surface area (Å²) < 4.78 is 6.59. The van der Waals surface area contributed by atoms with Gasteiger partial charge in [-0.05, 0) is 59.1 Å². The number of rotatable bonds is 7. The van der Waals surface area contributed by atoms with Gasteiger partial charge in [-0.3, -0.25) is 15.5 Å². The SMILES string of the molecule is CC[C@@H](C)Oc1ccc(/C=N\Nc2ncccc2[N+](=O)[O-])cc1Br. The third-order valence-corrected chi connectivity index (χ3v) is 3.85. The third-order valence-electron chi connectivity index (χ3n) is 3.23. The van der Waals surface area contributed by atoms with Crippen molar-refractivity contribution in [2.75, 3.05) is 5.43 Å². The second kappa shape index (κ2) is 8.39. The molecule has 2 aromatic rings. The van der Waals surface area contributed by atoms with Gasteiger partial charge in [0.2, 0.25) is 5.82 Å². The zero-order chi connectivity index (χ0) is 17.5. The fourth-order valence-electron chi connectivity index (χ4n) is 1.79. The number of nitrogens with zero attached hydrogens (tertiary/aromatic N) is 3. The summed E-state index contributed by atoms with van der Waals surface area (Å²) in [7, 11) is 0. The fraction of sp³-hybridized carbons (Fsp3) is 0.250. The molecule has 2 rings (SSSR count). The lowest BCUT2D eigenvalue weighted by Crippen LogP contribution is -2.10. The van der Waals surface area contributed by atoms with E-state index in [0.717, 1.165) is 22.2 Å². The molecule has 1 N–H and O–H groups in total. The molecule has 24 heavy (non-hydrogen) atoms. The van der Waals surface area contributed by atoms with Crippen molar-refractivity contribution in [3.63, 3.8) is 0 Å². The Morgan fingerprint density at radius 1 is 1.50 bits per heavy atom. The number of ether oxygens (including phenoxy) is 1. The minimum atomic E-state index is -0.511. The number of pyridine rings is 1. The molecule has 0 unspecified atom stereocenters. The molecule has 1 heterocycles. The van der Waals surface area contributed by atoms with E-state index < -0.39 is 4.92 Å². The van der Waals surface area contributed by atoms with E-state index in [9.17, 15) is 10.1 Å². The fourth-order valence-corrected chi connectivity index (χ4v) is 2.28. The molecule has 0 spiro atoms. The predicted octanol–water partition coefficient (Wildman–Crippen LogP) is 4.38. The molecule has 0 radical (unpaired) electrons. The summed E-state index contributed by atoms with van der Waals surface area (Å²) in [6.07, 6.45) is 4.06. The Morgan fingerprint density at radius 3 is 2.96 bits per heavy atom. The highest BCUT2D eigenvalue weighted by atomic mass is 79.9. The first kappa shape index (κ1) is 17.9. The van der Waals surface area contributed by atoms with Crippen molar-refractivity contribution < 1.29 is 9.66 Å². The Kier molecular flexibility index (Phi) is 6.25. The maximum atomic E-state index is 10.9. The first-order valence-corrected chi connectivity index (χ1v) is 8.15. The molecule has 0 saturated heterocycles. The van der Waals surface area contributed by atoms with Crippen LogP contribution in [0.25, 0.3) is 0 Å². The van der Waals surface area contributed by atoms with Crippen molar-refractivity contribution in [2.24, 2.45) is 5.10 Å². The molecule has 1 atom stereocenters. The largest absolute Gasteiger partial charge is 0.490 e. The van der Waals surface area contributed by atoms with Gasteiger partial charge in [0.1, 0.15) is 5.75 Å². The number of aromatic nitrogens is 1. The molecule has 1 aromatic heterocycles. The summed E-state index contributed by atoms with van der Waals surface area (Å²) in [6.45, 7) is 4.06. The van der Waals surface area contributed by atoms with Gasteiger partial charge >= 0.3 is 5.69 Å². The maximum absolute atomic E-state index is 10.9. The van der Waals surface area contributed by atoms with Gasteiger partial charge in [-0.15, -0.1) is 0 Å². The minimum Gasteiger partial charge on any atom is -0.490 e. The average molecular weight is 393 g/mol. The van der Waals surface area contributed by atoms with Gasteiger partial charge in [-0.1, -0.05) is 6.92 Å². The lowest BCUT2D eigenvalue weighted by Gasteiger charge is -2.14. The summed E-state index contributed by atoms with van der Waals surface area (Å²) in [6, 6.07) is 8.42. The number of anilines is 1. The molecule has 0 aliphatic carbocycles. The third kappa shape index (κ3) is 4.76. The Labute approximate surface area is 148 Å². The van der Waals surface area contributed by atoms with Crippen LogP contribution in [0.3, 0.4) is 0 Å². The van der Waals surface area contributed by atoms with Gasteiger partial charge < -0.3 is 4.74 Å². The molecular formula is C16H17BrN4O3. The summed E-state index contributed by atoms with van der Waals surface area (Å²) >= 11 is 3.46. The number of hydrazone groups is 1. The van der Waals surface area contributed by atoms with Crippen LogP contribution >= 0.6 is 15.9 Å². The van der Waals surface area contributed by atoms with Crippen LogP contribution in [0.1, 0.15) is 25.8 Å². The summed E-state index contributed by atoms with van der Waals surface area (Å²) in [4.78, 5) is 14.3. The zero-order valence-electron chi connectivity index (χ0n) is 13.3. The van der Waals surface area contributed by atoms with E-state index in [-0.39, 0.29) is 17.6 Å². The van der Waals surface area contributed by atoms with E-state index in [1.54, 1.807) is 6.21 Å². The molecule has 7 nitrogen and oxygen atoms in total. The molecule has 0 fully saturated rings. The van der Waals surface area contributed by atoms with E-state index in [1.165, 1.54) is 18.3 Å². The van der Waals surface area contributed by atoms with E-state index in [1.807, 2.05) is 25.1 Å². The Bertz CT molecular complexity index is 752. The molecule has 0 saturated carbocycles. The maximum Gasteiger partial charge on any atom is 0.313 e. The van der Waals surface area contributed by atoms with Gasteiger partial charge in [0.15, 0.2) is 0 Å². The minimum absolute atomic E-state index is 0.0922. The normalized spacial score (nSPS) is 12.1. The Hall–Kier alpha value is -2.48. The standard InChI is InChI=1S/C16H17BrN4O3/c1-3-11(2)24-15-7-6-12(9-13(15)17)10-19-20-16-14(21(22)23)5-4-8-18-16/h4-11H,3H2,1-2H3,(H,18,20)/b19-10-/t11-/m1/s1. The first-order chi connectivity index (χ1) is 11.5. The molecule has 126 valence electrons. The van der Waals surface area contributed by atoms with Gasteiger partial charge in [-0.25, -0.2) is 4.98 Å². The van der Waals surface area contributed by atoms with Crippen LogP contribution in [0.15, 0.2) is 46.1 Å². The highest BCUT2D eigenvalue weighted by molar-refractivity contribution is 9.10. The van der Waals surface area contributed by atoms with Crippen molar-refractivity contribution in [3.8, 4) is 5.75 Å². The van der Waals surface area contributed by atoms with E-state index in [0.29, 0.717) is 0 Å². The Morgan fingerprint density at radius 2 is 2.29 bits per heavy atom. The van der Waals surface area contributed by atoms with Crippen LogP contribution < -0.4 is 10.2 Å². The molecular weight excluding hydrogens is 376 g/mol. The number of hydrogen-bond donors (Lipinski definition) is 1. The topological polar surface area (TPSA) is 89.7 Å². The molecule has 8 heteroatoms. The quantitative estimate of drug-likeness (QED) is 0.429. The van der Waals surface area contributed by atoms with Gasteiger partial charge in [0.05, 0.1) is 21.7 Å². The van der Waals surface area contributed by atoms with Crippen LogP contribution in [-0.2, 0) is 0 Å². The molecule has 0 aliphatic rings. The predicted molar refractivity (Wildman–Crippen MR) is 96.6 cm³/mol. The van der Waals surface area contributed by atoms with Crippen molar-refractivity contribution in [1.29, 1.82) is 0 Å².